The summed E-state index contributed by atoms with van der Waals surface area (Å²) >= 11 is 0. The van der Waals surface area contributed by atoms with Crippen LogP contribution in [0.25, 0.3) is 11.0 Å². The third kappa shape index (κ3) is 6.57. The Hall–Kier alpha value is -4.37. The van der Waals surface area contributed by atoms with E-state index >= 15 is 0 Å². The van der Waals surface area contributed by atoms with Crippen LogP contribution in [-0.2, 0) is 14.8 Å². The molecular formula is C27H36N7O7S+. The van der Waals surface area contributed by atoms with Crippen LogP contribution in [0.15, 0.2) is 41.5 Å². The average Bonchev–Trinajstić information content (AvgIpc) is 3.35. The maximum atomic E-state index is 13.9. The molecule has 0 bridgehead atoms. The van der Waals surface area contributed by atoms with Crippen molar-refractivity contribution in [3.8, 4) is 17.2 Å². The molecule has 4 rings (SSSR count). The first kappa shape index (κ1) is 30.6. The van der Waals surface area contributed by atoms with Crippen molar-refractivity contribution in [2.24, 2.45) is 5.10 Å². The number of benzene rings is 2. The Morgan fingerprint density at radius 2 is 1.86 bits per heavy atom. The van der Waals surface area contributed by atoms with E-state index in [0.29, 0.717) is 40.4 Å². The van der Waals surface area contributed by atoms with Gasteiger partial charge in [0, 0.05) is 39.3 Å². The number of rotatable bonds is 13. The van der Waals surface area contributed by atoms with Crippen LogP contribution in [0.2, 0.25) is 0 Å². The monoisotopic (exact) mass is 602 g/mol. The molecule has 14 nitrogen and oxygen atoms in total. The summed E-state index contributed by atoms with van der Waals surface area (Å²) in [5.41, 5.74) is 1.42. The number of nitrogens with zero attached hydrogens (tertiary/aromatic N) is 5. The van der Waals surface area contributed by atoms with Gasteiger partial charge in [-0.3, -0.25) is 9.80 Å². The number of ether oxygens (including phenoxy) is 3. The molecule has 1 amide bonds. The van der Waals surface area contributed by atoms with Crippen LogP contribution < -0.4 is 24.2 Å². The summed E-state index contributed by atoms with van der Waals surface area (Å²) in [5.74, 6) is 1.10. The van der Waals surface area contributed by atoms with Crippen LogP contribution in [0.3, 0.4) is 0 Å². The zero-order valence-corrected chi connectivity index (χ0v) is 25.0. The van der Waals surface area contributed by atoms with Crippen molar-refractivity contribution in [1.82, 2.24) is 19.9 Å². The Bertz CT molecular complexity index is 1580. The molecule has 1 aliphatic heterocycles. The van der Waals surface area contributed by atoms with Gasteiger partial charge in [0.2, 0.25) is 5.91 Å². The van der Waals surface area contributed by atoms with Gasteiger partial charge in [-0.05, 0) is 19.1 Å². The molecule has 1 aliphatic rings. The van der Waals surface area contributed by atoms with Gasteiger partial charge in [0.05, 0.1) is 50.3 Å². The number of aromatic nitrogens is 2. The van der Waals surface area contributed by atoms with Crippen molar-refractivity contribution in [3.63, 3.8) is 0 Å². The summed E-state index contributed by atoms with van der Waals surface area (Å²) < 4.78 is 43.4. The van der Waals surface area contributed by atoms with Crippen LogP contribution in [0.1, 0.15) is 13.3 Å². The first-order valence-electron chi connectivity index (χ1n) is 13.1. The highest BCUT2D eigenvalue weighted by atomic mass is 32.2. The molecule has 2 aromatic carbocycles. The van der Waals surface area contributed by atoms with Crippen molar-refractivity contribution in [2.45, 2.75) is 18.1 Å². The number of carbonyl (C=O) groups excluding carboxylic acids is 1. The van der Waals surface area contributed by atoms with Gasteiger partial charge in [-0.1, -0.05) is 12.1 Å². The predicted molar refractivity (Wildman–Crippen MR) is 160 cm³/mol. The number of aliphatic hydroxyl groups is 1. The molecule has 15 heteroatoms. The van der Waals surface area contributed by atoms with Gasteiger partial charge in [0.25, 0.3) is 0 Å². The highest BCUT2D eigenvalue weighted by Crippen LogP contribution is 2.42. The molecule has 0 aliphatic carbocycles. The van der Waals surface area contributed by atoms with Gasteiger partial charge in [0.15, 0.2) is 27.9 Å². The van der Waals surface area contributed by atoms with Crippen LogP contribution in [0, 0.1) is 0 Å². The third-order valence-corrected chi connectivity index (χ3v) is 8.50. The Morgan fingerprint density at radius 1 is 1.17 bits per heavy atom. The topological polar surface area (TPSA) is 172 Å². The fourth-order valence-corrected chi connectivity index (χ4v) is 5.21. The predicted octanol–water partition coefficient (Wildman–Crippen LogP) is 2.20. The molecule has 4 N–H and O–H groups in total. The minimum Gasteiger partial charge on any atom is -0.497 e. The van der Waals surface area contributed by atoms with Crippen molar-refractivity contribution in [2.75, 3.05) is 64.7 Å². The van der Waals surface area contributed by atoms with Crippen molar-refractivity contribution >= 4 is 50.5 Å². The molecule has 0 fully saturated rings. The number of fused-ring (bicyclic) bond motifs is 1. The minimum absolute atomic E-state index is 0.00161. The third-order valence-electron chi connectivity index (χ3n) is 6.53. The first-order valence-corrected chi connectivity index (χ1v) is 14.6. The summed E-state index contributed by atoms with van der Waals surface area (Å²) in [6.07, 6.45) is 1.76. The zero-order valence-electron chi connectivity index (χ0n) is 24.2. The number of amides is 1. The minimum atomic E-state index is -3.91. The maximum Gasteiger partial charge on any atom is 0.379 e. The normalized spacial score (nSPS) is 17.5. The molecular weight excluding hydrogens is 566 g/mol. The largest absolute Gasteiger partial charge is 0.497 e. The molecule has 0 radical (unpaired) electrons. The number of hydrogen-bond acceptors (Lipinski definition) is 11. The van der Waals surface area contributed by atoms with Crippen LogP contribution in [-0.4, -0.2) is 105 Å². The second kappa shape index (κ2) is 12.7. The van der Waals surface area contributed by atoms with E-state index in [0.717, 1.165) is 0 Å². The van der Waals surface area contributed by atoms with E-state index in [9.17, 15) is 18.3 Å². The van der Waals surface area contributed by atoms with E-state index in [-0.39, 0.29) is 43.8 Å². The van der Waals surface area contributed by atoms with Gasteiger partial charge in [0.1, 0.15) is 12.3 Å². The molecule has 0 saturated heterocycles. The maximum absolute atomic E-state index is 13.9. The summed E-state index contributed by atoms with van der Waals surface area (Å²) in [6, 6.07) is 10.4. The van der Waals surface area contributed by atoms with Crippen molar-refractivity contribution in [1.29, 1.82) is 0 Å². The zero-order chi connectivity index (χ0) is 30.5. The molecule has 42 heavy (non-hydrogen) atoms. The van der Waals surface area contributed by atoms with Crippen LogP contribution >= 0.6 is 0 Å². The number of carbonyl (C=O) groups is 1. The fraction of sp³-hybridized carbons (Fsp3) is 0.407. The lowest BCUT2D eigenvalue weighted by atomic mass is 10.2. The van der Waals surface area contributed by atoms with Gasteiger partial charge in [-0.25, -0.2) is 18.9 Å². The number of likely N-dealkylation sites (N-methyl/N-ethyl adjacent to an activating group) is 1. The van der Waals surface area contributed by atoms with E-state index < -0.39 is 14.8 Å². The molecule has 2 unspecified atom stereocenters. The van der Waals surface area contributed by atoms with E-state index in [2.05, 4.69) is 25.1 Å². The second-order valence-corrected chi connectivity index (χ2v) is 12.2. The number of para-hydroxylation sites is 2. The molecule has 2 heterocycles. The summed E-state index contributed by atoms with van der Waals surface area (Å²) in [7, 11) is 2.35. The Morgan fingerprint density at radius 3 is 2.48 bits per heavy atom. The molecule has 0 spiro atoms. The average molecular weight is 603 g/mol. The molecule has 226 valence electrons. The lowest BCUT2D eigenvalue weighted by Gasteiger charge is -2.22. The van der Waals surface area contributed by atoms with Gasteiger partial charge in [-0.15, -0.1) is 0 Å². The number of hydrogen-bond donors (Lipinski definition) is 3. The lowest BCUT2D eigenvalue weighted by molar-refractivity contribution is -0.129. The van der Waals surface area contributed by atoms with Crippen LogP contribution in [0.4, 0.5) is 17.3 Å². The molecule has 1 aromatic heterocycles. The number of anilines is 3. The molecule has 0 saturated carbocycles. The summed E-state index contributed by atoms with van der Waals surface area (Å²) in [4.78, 5) is 22.9. The standard InChI is InChI=1S/C27H35N7O7S/c1-27(16-28-34(17-27)15-23(36)33(2)3)42(37,38)32-26-25(29-19-9-6-7-10-20(19)30-26)31-21-13-18(39-4)14-22(40-5)24(21)41-12-8-11-35/h6-7,9-10,13-14,16,35H,8,11-12,15,17H2,1-5H3,(H,29,31)(H,30,32,37,38)/p+1. The fourth-order valence-electron chi connectivity index (χ4n) is 4.06. The van der Waals surface area contributed by atoms with Crippen molar-refractivity contribution in [3.05, 3.63) is 36.4 Å². The Balaban J connectivity index is 1.72. The first-order chi connectivity index (χ1) is 20.0. The van der Waals surface area contributed by atoms with Gasteiger partial charge < -0.3 is 29.5 Å². The van der Waals surface area contributed by atoms with Gasteiger partial charge >= 0.3 is 10.0 Å². The highest BCUT2D eigenvalue weighted by Gasteiger charge is 2.49. The SMILES string of the molecule is COc1cc(Nc2nc3ccccc3nc2NS(=O)(=[OH+])C2(C)C=NN(CC(=O)N(C)C)C2)c(OCCCO)c(OC)c1. The van der Waals surface area contributed by atoms with E-state index in [4.69, 9.17) is 14.2 Å². The molecule has 3 aromatic rings. The number of methoxy groups -OCH3 is 2. The number of hydrazone groups is 1. The van der Waals surface area contributed by atoms with Crippen molar-refractivity contribution < 1.29 is 32.5 Å². The van der Waals surface area contributed by atoms with E-state index in [1.807, 2.05) is 0 Å². The smallest absolute Gasteiger partial charge is 0.379 e. The van der Waals surface area contributed by atoms with Crippen LogP contribution in [0.5, 0.6) is 17.2 Å². The summed E-state index contributed by atoms with van der Waals surface area (Å²) in [6.45, 7) is 1.71. The lowest BCUT2D eigenvalue weighted by Crippen LogP contribution is -2.46. The molecule has 2 atom stereocenters. The second-order valence-electron chi connectivity index (χ2n) is 9.96. The Labute approximate surface area is 244 Å². The Kier molecular flexibility index (Phi) is 9.21. The number of nitrogens with one attached hydrogen (secondary N) is 2. The number of aliphatic hydroxyl groups excluding tert-OH is 1. The summed E-state index contributed by atoms with van der Waals surface area (Å²) in [5, 5.41) is 18.1. The quantitative estimate of drug-likeness (QED) is 0.195. The van der Waals surface area contributed by atoms with E-state index in [1.165, 1.54) is 30.3 Å². The highest BCUT2D eigenvalue weighted by molar-refractivity contribution is 7.94. The van der Waals surface area contributed by atoms with E-state index in [1.54, 1.807) is 57.4 Å². The van der Waals surface area contributed by atoms with Gasteiger partial charge in [-0.2, -0.15) is 9.31 Å².